The summed E-state index contributed by atoms with van der Waals surface area (Å²) < 4.78 is 0. The van der Waals surface area contributed by atoms with E-state index in [1.165, 1.54) is 5.56 Å². The topological polar surface area (TPSA) is 73.4 Å². The molecule has 132 valence electrons. The zero-order chi connectivity index (χ0) is 17.6. The van der Waals surface area contributed by atoms with Crippen LogP contribution in [0.3, 0.4) is 0 Å². The number of nitrogens with one attached hydrogen (secondary N) is 2. The lowest BCUT2D eigenvalue weighted by Crippen LogP contribution is -2.45. The highest BCUT2D eigenvalue weighted by Crippen LogP contribution is 2.21. The van der Waals surface area contributed by atoms with Crippen molar-refractivity contribution >= 4 is 17.7 Å². The lowest BCUT2D eigenvalue weighted by atomic mass is 10.2. The molecule has 0 fully saturated rings. The predicted octanol–water partition coefficient (Wildman–Crippen LogP) is 1.55. The number of likely N-dealkylation sites (N-methyl/N-ethyl adjacent to an activating group) is 1. The van der Waals surface area contributed by atoms with Crippen LogP contribution in [0.4, 0.5) is 11.8 Å². The van der Waals surface area contributed by atoms with Gasteiger partial charge in [0, 0.05) is 32.9 Å². The largest absolute Gasteiger partial charge is 0.357 e. The second kappa shape index (κ2) is 7.94. The highest BCUT2D eigenvalue weighted by Gasteiger charge is 2.26. The molecule has 25 heavy (non-hydrogen) atoms. The maximum atomic E-state index is 12.8. The number of benzene rings is 1. The molecule has 1 aliphatic heterocycles. The maximum Gasteiger partial charge on any atom is 0.273 e. The van der Waals surface area contributed by atoms with Crippen LogP contribution in [0.1, 0.15) is 22.8 Å². The molecule has 3 rings (SSSR count). The number of rotatable bonds is 6. The van der Waals surface area contributed by atoms with Crippen LogP contribution in [0.15, 0.2) is 36.5 Å². The first kappa shape index (κ1) is 17.2. The summed E-state index contributed by atoms with van der Waals surface area (Å²) in [4.78, 5) is 23.6. The summed E-state index contributed by atoms with van der Waals surface area (Å²) in [5, 5.41) is 4.76. The van der Waals surface area contributed by atoms with Gasteiger partial charge in [-0.25, -0.2) is 10.4 Å². The molecule has 1 amide bonds. The van der Waals surface area contributed by atoms with Gasteiger partial charge < -0.3 is 10.2 Å². The van der Waals surface area contributed by atoms with Crippen LogP contribution in [-0.4, -0.2) is 54.1 Å². The summed E-state index contributed by atoms with van der Waals surface area (Å²) in [7, 11) is 1.95. The van der Waals surface area contributed by atoms with Crippen LogP contribution in [0, 0.1) is 0 Å². The Labute approximate surface area is 148 Å². The lowest BCUT2D eigenvalue weighted by molar-refractivity contribution is 0.0674. The van der Waals surface area contributed by atoms with Crippen molar-refractivity contribution in [1.82, 2.24) is 20.4 Å². The zero-order valence-electron chi connectivity index (χ0n) is 14.7. The lowest BCUT2D eigenvalue weighted by Gasteiger charge is -2.21. The summed E-state index contributed by atoms with van der Waals surface area (Å²) in [5.41, 5.74) is 5.01. The molecule has 0 aliphatic carbocycles. The summed E-state index contributed by atoms with van der Waals surface area (Å²) in [6, 6.07) is 10.2. The Hall–Kier alpha value is -2.67. The number of nitrogens with zero attached hydrogens (tertiary/aromatic N) is 4. The minimum absolute atomic E-state index is 0.0875. The second-order valence-corrected chi connectivity index (χ2v) is 5.98. The van der Waals surface area contributed by atoms with Gasteiger partial charge in [-0.1, -0.05) is 30.3 Å². The number of hydrogen-bond donors (Lipinski definition) is 2. The van der Waals surface area contributed by atoms with E-state index in [1.54, 1.807) is 11.2 Å². The van der Waals surface area contributed by atoms with E-state index < -0.39 is 0 Å². The summed E-state index contributed by atoms with van der Waals surface area (Å²) in [5.74, 6) is 1.13. The predicted molar refractivity (Wildman–Crippen MR) is 98.7 cm³/mol. The quantitative estimate of drug-likeness (QED) is 0.831. The van der Waals surface area contributed by atoms with Gasteiger partial charge in [0.25, 0.3) is 5.91 Å². The maximum absolute atomic E-state index is 12.8. The summed E-state index contributed by atoms with van der Waals surface area (Å²) >= 11 is 0. The van der Waals surface area contributed by atoms with E-state index in [1.807, 2.05) is 37.1 Å². The molecule has 1 aromatic carbocycles. The van der Waals surface area contributed by atoms with Crippen molar-refractivity contribution in [2.45, 2.75) is 13.3 Å². The molecule has 2 aromatic rings. The molecule has 1 aliphatic rings. The monoisotopic (exact) mass is 340 g/mol. The van der Waals surface area contributed by atoms with Crippen molar-refractivity contribution < 1.29 is 4.79 Å². The third kappa shape index (κ3) is 4.06. The number of amides is 1. The van der Waals surface area contributed by atoms with E-state index in [9.17, 15) is 4.79 Å². The van der Waals surface area contributed by atoms with Gasteiger partial charge in [-0.2, -0.15) is 4.98 Å². The standard InChI is InChI=1S/C18H24N6O/c1-3-19-18-20-13-15-16(22-18)23(2)11-12-24(17(15)25)21-10-9-14-7-5-4-6-8-14/h4-8,13,21H,3,9-12H2,1-2H3,(H,19,20,22). The Morgan fingerprint density at radius 1 is 1.20 bits per heavy atom. The van der Waals surface area contributed by atoms with Crippen LogP contribution in [0.25, 0.3) is 0 Å². The fourth-order valence-electron chi connectivity index (χ4n) is 2.79. The normalized spacial score (nSPS) is 14.2. The molecule has 2 heterocycles. The number of carbonyl (C=O) groups excluding carboxylic acids is 1. The Kier molecular flexibility index (Phi) is 5.45. The SMILES string of the molecule is CCNc1ncc2c(n1)N(C)CCN(NCCc1ccccc1)C2=O. The van der Waals surface area contributed by atoms with E-state index in [0.29, 0.717) is 37.0 Å². The van der Waals surface area contributed by atoms with Crippen molar-refractivity contribution in [2.75, 3.05) is 43.4 Å². The zero-order valence-corrected chi connectivity index (χ0v) is 14.7. The van der Waals surface area contributed by atoms with E-state index in [0.717, 1.165) is 13.0 Å². The first-order valence-corrected chi connectivity index (χ1v) is 8.60. The number of fused-ring (bicyclic) bond motifs is 1. The first-order valence-electron chi connectivity index (χ1n) is 8.60. The van der Waals surface area contributed by atoms with E-state index in [-0.39, 0.29) is 5.91 Å². The molecule has 1 aromatic heterocycles. The number of hydrazine groups is 1. The van der Waals surface area contributed by atoms with Gasteiger partial charge >= 0.3 is 0 Å². The van der Waals surface area contributed by atoms with Gasteiger partial charge in [-0.05, 0) is 18.9 Å². The third-order valence-electron chi connectivity index (χ3n) is 4.16. The molecule has 0 bridgehead atoms. The third-order valence-corrected chi connectivity index (χ3v) is 4.16. The number of aromatic nitrogens is 2. The van der Waals surface area contributed by atoms with Crippen molar-refractivity contribution in [1.29, 1.82) is 0 Å². The smallest absolute Gasteiger partial charge is 0.273 e. The summed E-state index contributed by atoms with van der Waals surface area (Å²) in [6.45, 7) is 4.73. The molecule has 0 saturated carbocycles. The van der Waals surface area contributed by atoms with Gasteiger partial charge in [-0.15, -0.1) is 0 Å². The Bertz CT molecular complexity index is 721. The number of carbonyl (C=O) groups is 1. The Morgan fingerprint density at radius 3 is 2.76 bits per heavy atom. The fraction of sp³-hybridized carbons (Fsp3) is 0.389. The van der Waals surface area contributed by atoms with Crippen LogP contribution >= 0.6 is 0 Å². The minimum atomic E-state index is -0.0875. The Morgan fingerprint density at radius 2 is 2.00 bits per heavy atom. The highest BCUT2D eigenvalue weighted by molar-refractivity contribution is 5.99. The summed E-state index contributed by atoms with van der Waals surface area (Å²) in [6.07, 6.45) is 2.47. The van der Waals surface area contributed by atoms with Crippen molar-refractivity contribution in [3.8, 4) is 0 Å². The van der Waals surface area contributed by atoms with Gasteiger partial charge in [0.15, 0.2) is 0 Å². The van der Waals surface area contributed by atoms with Gasteiger partial charge in [0.2, 0.25) is 5.95 Å². The van der Waals surface area contributed by atoms with Gasteiger partial charge in [-0.3, -0.25) is 9.80 Å². The van der Waals surface area contributed by atoms with E-state index in [2.05, 4.69) is 32.8 Å². The van der Waals surface area contributed by atoms with Crippen LogP contribution < -0.4 is 15.6 Å². The van der Waals surface area contributed by atoms with Crippen LogP contribution in [-0.2, 0) is 6.42 Å². The molecule has 0 saturated heterocycles. The number of hydrogen-bond acceptors (Lipinski definition) is 6. The molecule has 7 heteroatoms. The molecule has 2 N–H and O–H groups in total. The highest BCUT2D eigenvalue weighted by atomic mass is 16.2. The molecule has 0 unspecified atom stereocenters. The van der Waals surface area contributed by atoms with Crippen molar-refractivity contribution in [2.24, 2.45) is 0 Å². The van der Waals surface area contributed by atoms with E-state index >= 15 is 0 Å². The Balaban J connectivity index is 1.69. The van der Waals surface area contributed by atoms with Gasteiger partial charge in [0.1, 0.15) is 11.4 Å². The molecule has 0 radical (unpaired) electrons. The average molecular weight is 340 g/mol. The van der Waals surface area contributed by atoms with Crippen LogP contribution in [0.5, 0.6) is 0 Å². The molecular formula is C18H24N6O. The molecule has 0 spiro atoms. The molecular weight excluding hydrogens is 316 g/mol. The molecule has 0 atom stereocenters. The van der Waals surface area contributed by atoms with Crippen LogP contribution in [0.2, 0.25) is 0 Å². The average Bonchev–Trinajstić information content (AvgIpc) is 2.75. The van der Waals surface area contributed by atoms with E-state index in [4.69, 9.17) is 0 Å². The minimum Gasteiger partial charge on any atom is -0.357 e. The number of anilines is 2. The van der Waals surface area contributed by atoms with Crippen molar-refractivity contribution in [3.63, 3.8) is 0 Å². The second-order valence-electron chi connectivity index (χ2n) is 5.98. The van der Waals surface area contributed by atoms with Crippen molar-refractivity contribution in [3.05, 3.63) is 47.7 Å². The first-order chi connectivity index (χ1) is 12.2. The fourth-order valence-corrected chi connectivity index (χ4v) is 2.79. The van der Waals surface area contributed by atoms with Gasteiger partial charge in [0.05, 0.1) is 6.54 Å². The molecule has 7 nitrogen and oxygen atoms in total.